The zero-order valence-corrected chi connectivity index (χ0v) is 21.9. The number of aryl methyl sites for hydroxylation is 1. The largest absolute Gasteiger partial charge is 0.497 e. The van der Waals surface area contributed by atoms with Gasteiger partial charge in [0.25, 0.3) is 11.8 Å². The first kappa shape index (κ1) is 26.1. The van der Waals surface area contributed by atoms with Crippen LogP contribution in [0.15, 0.2) is 70.6 Å². The van der Waals surface area contributed by atoms with E-state index in [1.165, 1.54) is 18.9 Å². The molecule has 0 aliphatic carbocycles. The number of thioether (sulfide) groups is 1. The highest BCUT2D eigenvalue weighted by atomic mass is 35.5. The summed E-state index contributed by atoms with van der Waals surface area (Å²) >= 11 is 7.66. The predicted molar refractivity (Wildman–Crippen MR) is 147 cm³/mol. The Hall–Kier alpha value is -3.95. The highest BCUT2D eigenvalue weighted by molar-refractivity contribution is 8.18. The van der Waals surface area contributed by atoms with Crippen molar-refractivity contribution >= 4 is 57.8 Å². The van der Waals surface area contributed by atoms with Gasteiger partial charge in [0.2, 0.25) is 0 Å². The number of hydrogen-bond acceptors (Lipinski definition) is 7. The molecule has 10 heteroatoms. The topological polar surface area (TPSA) is 98.3 Å². The highest BCUT2D eigenvalue weighted by Crippen LogP contribution is 2.38. The van der Waals surface area contributed by atoms with E-state index in [0.29, 0.717) is 32.8 Å². The number of benzene rings is 3. The Morgan fingerprint density at radius 2 is 1.81 bits per heavy atom. The summed E-state index contributed by atoms with van der Waals surface area (Å²) in [5.41, 5.74) is 3.07. The number of methoxy groups -OCH3 is 2. The molecule has 0 atom stereocenters. The van der Waals surface area contributed by atoms with E-state index in [4.69, 9.17) is 25.8 Å². The summed E-state index contributed by atoms with van der Waals surface area (Å²) in [5.74, 6) is 0.669. The Morgan fingerprint density at radius 3 is 2.49 bits per heavy atom. The summed E-state index contributed by atoms with van der Waals surface area (Å²) in [4.78, 5) is 29.7. The molecular weight excluding hydrogens is 514 g/mol. The fourth-order valence-corrected chi connectivity index (χ4v) is 4.46. The molecule has 190 valence electrons. The zero-order chi connectivity index (χ0) is 26.4. The number of aliphatic imine (C=N–C) groups is 1. The van der Waals surface area contributed by atoms with Crippen LogP contribution in [0.5, 0.6) is 17.2 Å². The van der Waals surface area contributed by atoms with Crippen LogP contribution < -0.4 is 24.8 Å². The van der Waals surface area contributed by atoms with Gasteiger partial charge in [0.05, 0.1) is 29.8 Å². The molecule has 1 aliphatic heterocycles. The molecule has 2 amide bonds. The molecule has 0 unspecified atom stereocenters. The molecule has 1 heterocycles. The maximum Gasteiger partial charge on any atom is 0.264 e. The van der Waals surface area contributed by atoms with Crippen molar-refractivity contribution in [2.45, 2.75) is 6.92 Å². The molecule has 0 aromatic heterocycles. The number of halogens is 1. The Kier molecular flexibility index (Phi) is 8.37. The van der Waals surface area contributed by atoms with Gasteiger partial charge in [0.1, 0.15) is 5.75 Å². The van der Waals surface area contributed by atoms with Gasteiger partial charge < -0.3 is 24.8 Å². The van der Waals surface area contributed by atoms with Crippen LogP contribution in [0, 0.1) is 6.92 Å². The van der Waals surface area contributed by atoms with Crippen LogP contribution in [-0.2, 0) is 9.59 Å². The van der Waals surface area contributed by atoms with E-state index in [9.17, 15) is 9.59 Å². The Labute approximate surface area is 223 Å². The van der Waals surface area contributed by atoms with Crippen LogP contribution in [0.2, 0.25) is 5.02 Å². The number of nitrogens with one attached hydrogen (secondary N) is 2. The lowest BCUT2D eigenvalue weighted by Crippen LogP contribution is -2.20. The van der Waals surface area contributed by atoms with E-state index >= 15 is 0 Å². The van der Waals surface area contributed by atoms with Gasteiger partial charge in [-0.15, -0.1) is 0 Å². The van der Waals surface area contributed by atoms with Gasteiger partial charge in [-0.3, -0.25) is 9.59 Å². The average molecular weight is 538 g/mol. The maximum atomic E-state index is 12.5. The summed E-state index contributed by atoms with van der Waals surface area (Å²) in [7, 11) is 3.06. The zero-order valence-electron chi connectivity index (χ0n) is 20.3. The van der Waals surface area contributed by atoms with Crippen molar-refractivity contribution in [1.29, 1.82) is 0 Å². The lowest BCUT2D eigenvalue weighted by Gasteiger charge is -2.13. The molecule has 0 spiro atoms. The predicted octanol–water partition coefficient (Wildman–Crippen LogP) is 5.57. The van der Waals surface area contributed by atoms with Crippen molar-refractivity contribution in [3.8, 4) is 17.2 Å². The molecule has 1 aliphatic rings. The van der Waals surface area contributed by atoms with Gasteiger partial charge in [0.15, 0.2) is 23.3 Å². The summed E-state index contributed by atoms with van der Waals surface area (Å²) in [6.07, 6.45) is 1.68. The van der Waals surface area contributed by atoms with Gasteiger partial charge in [0, 0.05) is 5.69 Å². The minimum absolute atomic E-state index is 0.232. The Balaban J connectivity index is 1.45. The van der Waals surface area contributed by atoms with Gasteiger partial charge in [-0.2, -0.15) is 0 Å². The van der Waals surface area contributed by atoms with Crippen molar-refractivity contribution in [2.75, 3.05) is 26.1 Å². The monoisotopic (exact) mass is 537 g/mol. The third-order valence-corrected chi connectivity index (χ3v) is 6.38. The second-order valence-corrected chi connectivity index (χ2v) is 9.35. The first-order chi connectivity index (χ1) is 17.8. The number of ether oxygens (including phenoxy) is 3. The number of amidine groups is 1. The van der Waals surface area contributed by atoms with Crippen LogP contribution >= 0.6 is 23.4 Å². The number of nitrogens with zero attached hydrogens (tertiary/aromatic N) is 1. The molecule has 8 nitrogen and oxygen atoms in total. The molecule has 1 saturated heterocycles. The standard InChI is InChI=1S/C27H24ClN3O5S/c1-16-4-6-18(7-5-16)29-24(32)15-36-25-21(28)12-17(13-22(25)35-3)14-23-26(33)31-27(37-23)30-19-8-10-20(34-2)11-9-19/h4-14H,15H2,1-3H3,(H,29,32)(H,30,31,33)/b23-14+. The van der Waals surface area contributed by atoms with Gasteiger partial charge in [-0.05, 0) is 78.9 Å². The van der Waals surface area contributed by atoms with Crippen molar-refractivity contribution in [1.82, 2.24) is 5.32 Å². The van der Waals surface area contributed by atoms with Crippen LogP contribution in [0.4, 0.5) is 11.4 Å². The van der Waals surface area contributed by atoms with Crippen LogP contribution in [-0.4, -0.2) is 37.8 Å². The van der Waals surface area contributed by atoms with E-state index in [1.54, 1.807) is 49.6 Å². The molecule has 3 aromatic rings. The third-order valence-electron chi connectivity index (χ3n) is 5.19. The minimum atomic E-state index is -0.337. The fourth-order valence-electron chi connectivity index (χ4n) is 3.34. The fraction of sp³-hybridized carbons (Fsp3) is 0.148. The number of amides is 2. The Morgan fingerprint density at radius 1 is 1.08 bits per heavy atom. The molecule has 4 rings (SSSR count). The first-order valence-electron chi connectivity index (χ1n) is 11.1. The number of hydrogen-bond donors (Lipinski definition) is 2. The summed E-state index contributed by atoms with van der Waals surface area (Å²) in [5, 5.41) is 6.22. The van der Waals surface area contributed by atoms with Crippen molar-refractivity contribution < 1.29 is 23.8 Å². The molecule has 1 fully saturated rings. The number of carbonyl (C=O) groups is 2. The quantitative estimate of drug-likeness (QED) is 0.364. The summed E-state index contributed by atoms with van der Waals surface area (Å²) in [6.45, 7) is 1.71. The van der Waals surface area contributed by atoms with E-state index in [-0.39, 0.29) is 29.2 Å². The van der Waals surface area contributed by atoms with Crippen LogP contribution in [0.25, 0.3) is 6.08 Å². The van der Waals surface area contributed by atoms with Crippen molar-refractivity contribution in [3.63, 3.8) is 0 Å². The maximum absolute atomic E-state index is 12.5. The van der Waals surface area contributed by atoms with E-state index in [0.717, 1.165) is 11.3 Å². The van der Waals surface area contributed by atoms with Gasteiger partial charge >= 0.3 is 0 Å². The first-order valence-corrected chi connectivity index (χ1v) is 12.3. The van der Waals surface area contributed by atoms with E-state index < -0.39 is 0 Å². The van der Waals surface area contributed by atoms with E-state index in [2.05, 4.69) is 15.6 Å². The second-order valence-electron chi connectivity index (χ2n) is 7.92. The van der Waals surface area contributed by atoms with Crippen molar-refractivity contribution in [3.05, 3.63) is 81.7 Å². The van der Waals surface area contributed by atoms with Crippen LogP contribution in [0.1, 0.15) is 11.1 Å². The molecular formula is C27H24ClN3O5S. The van der Waals surface area contributed by atoms with Gasteiger partial charge in [-0.1, -0.05) is 29.3 Å². The molecule has 2 N–H and O–H groups in total. The Bertz CT molecular complexity index is 1370. The lowest BCUT2D eigenvalue weighted by molar-refractivity contribution is -0.118. The third kappa shape index (κ3) is 6.84. The highest BCUT2D eigenvalue weighted by Gasteiger charge is 2.24. The smallest absolute Gasteiger partial charge is 0.264 e. The minimum Gasteiger partial charge on any atom is -0.497 e. The average Bonchev–Trinajstić information content (AvgIpc) is 3.22. The molecule has 0 saturated carbocycles. The number of carbonyl (C=O) groups excluding carboxylic acids is 2. The molecule has 37 heavy (non-hydrogen) atoms. The molecule has 0 radical (unpaired) electrons. The van der Waals surface area contributed by atoms with Gasteiger partial charge in [-0.25, -0.2) is 4.99 Å². The normalized spacial score (nSPS) is 15.0. The number of rotatable bonds is 8. The van der Waals surface area contributed by atoms with E-state index in [1.807, 2.05) is 31.2 Å². The number of anilines is 1. The summed E-state index contributed by atoms with van der Waals surface area (Å²) in [6, 6.07) is 17.9. The molecule has 0 bridgehead atoms. The summed E-state index contributed by atoms with van der Waals surface area (Å²) < 4.78 is 16.2. The molecule has 3 aromatic carbocycles. The lowest BCUT2D eigenvalue weighted by atomic mass is 10.2. The van der Waals surface area contributed by atoms with Crippen molar-refractivity contribution in [2.24, 2.45) is 4.99 Å². The van der Waals surface area contributed by atoms with Crippen LogP contribution in [0.3, 0.4) is 0 Å². The SMILES string of the molecule is COc1ccc(N=C2NC(=O)/C(=C\c3cc(Cl)c(OCC(=O)Nc4ccc(C)cc4)c(OC)c3)S2)cc1. The second kappa shape index (κ2) is 11.9.